The molecular formula is C38H36N2O4. The van der Waals surface area contributed by atoms with Crippen molar-refractivity contribution in [3.63, 3.8) is 0 Å². The predicted octanol–water partition coefficient (Wildman–Crippen LogP) is 8.87. The van der Waals surface area contributed by atoms with Gasteiger partial charge in [-0.15, -0.1) is 0 Å². The number of aromatic nitrogens is 1. The van der Waals surface area contributed by atoms with Crippen LogP contribution in [-0.2, 0) is 16.1 Å². The van der Waals surface area contributed by atoms with Gasteiger partial charge in [0.05, 0.1) is 22.8 Å². The van der Waals surface area contributed by atoms with Gasteiger partial charge < -0.3 is 14.5 Å². The van der Waals surface area contributed by atoms with Gasteiger partial charge in [0.25, 0.3) is 0 Å². The molecular weight excluding hydrogens is 548 g/mol. The summed E-state index contributed by atoms with van der Waals surface area (Å²) < 4.78 is 11.5. The highest BCUT2D eigenvalue weighted by molar-refractivity contribution is 6.00. The van der Waals surface area contributed by atoms with Crippen molar-refractivity contribution in [1.29, 1.82) is 5.26 Å². The van der Waals surface area contributed by atoms with Gasteiger partial charge in [0, 0.05) is 23.0 Å². The van der Waals surface area contributed by atoms with Gasteiger partial charge in [-0.25, -0.2) is 9.59 Å². The molecule has 0 aliphatic rings. The third-order valence-corrected chi connectivity index (χ3v) is 7.59. The van der Waals surface area contributed by atoms with Crippen LogP contribution in [0.1, 0.15) is 88.6 Å². The highest BCUT2D eigenvalue weighted by atomic mass is 16.6. The number of H-pyrrole nitrogens is 1. The first-order valence-corrected chi connectivity index (χ1v) is 14.8. The molecule has 0 radical (unpaired) electrons. The molecule has 5 rings (SSSR count). The molecule has 0 bridgehead atoms. The largest absolute Gasteiger partial charge is 0.457 e. The van der Waals surface area contributed by atoms with E-state index in [4.69, 9.17) is 9.47 Å². The standard InChI is InChI=1S/C38H36N2O4/c1-6-28(34-22-40-35-19-26(21-39)13-16-31(34)35)29-17-14-27(36(41)44-38(3,4)5)20-32(29)30-15-12-24(2)18-33(30)37(42)43-23-25-10-8-7-9-11-25/h7-20,22,28,40H,6,23H2,1-5H3. The van der Waals surface area contributed by atoms with Gasteiger partial charge >= 0.3 is 11.9 Å². The predicted molar refractivity (Wildman–Crippen MR) is 172 cm³/mol. The normalized spacial score (nSPS) is 12.0. The van der Waals surface area contributed by atoms with E-state index in [1.54, 1.807) is 6.07 Å². The van der Waals surface area contributed by atoms with E-state index in [-0.39, 0.29) is 12.5 Å². The molecule has 1 N–H and O–H groups in total. The minimum absolute atomic E-state index is 0.0751. The second-order valence-electron chi connectivity index (χ2n) is 12.0. The molecule has 1 atom stereocenters. The number of fused-ring (bicyclic) bond motifs is 1. The number of aryl methyl sites for hydroxylation is 1. The fraction of sp³-hybridized carbons (Fsp3) is 0.237. The topological polar surface area (TPSA) is 92.2 Å². The highest BCUT2D eigenvalue weighted by Crippen LogP contribution is 2.40. The summed E-state index contributed by atoms with van der Waals surface area (Å²) in [5, 5.41) is 10.4. The van der Waals surface area contributed by atoms with E-state index in [0.29, 0.717) is 22.3 Å². The second kappa shape index (κ2) is 12.6. The summed E-state index contributed by atoms with van der Waals surface area (Å²) in [6.07, 6.45) is 2.74. The van der Waals surface area contributed by atoms with Crippen molar-refractivity contribution in [2.75, 3.05) is 0 Å². The maximum atomic E-state index is 13.6. The van der Waals surface area contributed by atoms with Gasteiger partial charge in [-0.3, -0.25) is 0 Å². The van der Waals surface area contributed by atoms with Crippen LogP contribution in [0.4, 0.5) is 0 Å². The molecule has 5 aromatic rings. The van der Waals surface area contributed by atoms with Crippen LogP contribution >= 0.6 is 0 Å². The van der Waals surface area contributed by atoms with Crippen LogP contribution in [0.2, 0.25) is 0 Å². The average molecular weight is 585 g/mol. The number of rotatable bonds is 8. The Morgan fingerprint density at radius 3 is 2.36 bits per heavy atom. The molecule has 0 fully saturated rings. The lowest BCUT2D eigenvalue weighted by molar-refractivity contribution is 0.00693. The number of benzene rings is 4. The van der Waals surface area contributed by atoms with Gasteiger partial charge in [-0.1, -0.05) is 67.1 Å². The van der Waals surface area contributed by atoms with Crippen LogP contribution in [0.3, 0.4) is 0 Å². The van der Waals surface area contributed by atoms with E-state index in [1.807, 2.05) is 113 Å². The summed E-state index contributed by atoms with van der Waals surface area (Å²) in [6.45, 7) is 9.71. The number of hydrogen-bond donors (Lipinski definition) is 1. The van der Waals surface area contributed by atoms with Crippen LogP contribution in [-0.4, -0.2) is 22.5 Å². The molecule has 0 amide bonds. The number of hydrogen-bond acceptors (Lipinski definition) is 5. The van der Waals surface area contributed by atoms with Gasteiger partial charge in [-0.05, 0) is 92.3 Å². The van der Waals surface area contributed by atoms with E-state index in [2.05, 4.69) is 18.0 Å². The van der Waals surface area contributed by atoms with Crippen LogP contribution in [0.15, 0.2) is 91.1 Å². The highest BCUT2D eigenvalue weighted by Gasteiger charge is 2.26. The Balaban J connectivity index is 1.65. The molecule has 6 nitrogen and oxygen atoms in total. The number of aromatic amines is 1. The van der Waals surface area contributed by atoms with Crippen LogP contribution in [0.5, 0.6) is 0 Å². The molecule has 1 heterocycles. The monoisotopic (exact) mass is 584 g/mol. The zero-order chi connectivity index (χ0) is 31.4. The fourth-order valence-electron chi connectivity index (χ4n) is 5.53. The fourth-order valence-corrected chi connectivity index (χ4v) is 5.53. The van der Waals surface area contributed by atoms with Crippen molar-refractivity contribution in [3.05, 3.63) is 130 Å². The first-order valence-electron chi connectivity index (χ1n) is 14.8. The van der Waals surface area contributed by atoms with E-state index in [9.17, 15) is 14.9 Å². The first kappa shape index (κ1) is 30.3. The zero-order valence-corrected chi connectivity index (χ0v) is 25.7. The Bertz CT molecular complexity index is 1870. The number of nitrogens with one attached hydrogen (secondary N) is 1. The van der Waals surface area contributed by atoms with E-state index in [1.165, 1.54) is 0 Å². The molecule has 6 heteroatoms. The summed E-state index contributed by atoms with van der Waals surface area (Å²) in [7, 11) is 0. The quantitative estimate of drug-likeness (QED) is 0.184. The third-order valence-electron chi connectivity index (χ3n) is 7.59. The summed E-state index contributed by atoms with van der Waals surface area (Å²) in [4.78, 5) is 30.2. The minimum atomic E-state index is -0.662. The maximum Gasteiger partial charge on any atom is 0.339 e. The number of nitriles is 1. The van der Waals surface area contributed by atoms with Crippen LogP contribution < -0.4 is 0 Å². The van der Waals surface area contributed by atoms with Crippen LogP contribution in [0.25, 0.3) is 22.0 Å². The summed E-state index contributed by atoms with van der Waals surface area (Å²) in [6, 6.07) is 28.7. The molecule has 0 saturated carbocycles. The number of carbonyl (C=O) groups is 2. The van der Waals surface area contributed by atoms with Crippen molar-refractivity contribution in [2.45, 2.75) is 59.2 Å². The molecule has 0 saturated heterocycles. The first-order chi connectivity index (χ1) is 21.1. The Morgan fingerprint density at radius 1 is 0.886 bits per heavy atom. The molecule has 1 aromatic heterocycles. The molecule has 0 aliphatic carbocycles. The number of carbonyl (C=O) groups excluding carboxylic acids is 2. The van der Waals surface area contributed by atoms with Crippen molar-refractivity contribution in [1.82, 2.24) is 4.98 Å². The molecule has 1 unspecified atom stereocenters. The van der Waals surface area contributed by atoms with Crippen molar-refractivity contribution in [3.8, 4) is 17.2 Å². The third kappa shape index (κ3) is 6.58. The molecule has 44 heavy (non-hydrogen) atoms. The smallest absolute Gasteiger partial charge is 0.339 e. The maximum absolute atomic E-state index is 13.6. The molecule has 0 aliphatic heterocycles. The Labute approximate surface area is 258 Å². The lowest BCUT2D eigenvalue weighted by Gasteiger charge is -2.23. The SMILES string of the molecule is CCC(c1ccc(C(=O)OC(C)(C)C)cc1-c1ccc(C)cc1C(=O)OCc1ccccc1)c1c[nH]c2cc(C#N)ccc12. The van der Waals surface area contributed by atoms with Crippen molar-refractivity contribution in [2.24, 2.45) is 0 Å². The minimum Gasteiger partial charge on any atom is -0.457 e. The Morgan fingerprint density at radius 2 is 1.66 bits per heavy atom. The number of esters is 2. The van der Waals surface area contributed by atoms with Crippen molar-refractivity contribution < 1.29 is 19.1 Å². The zero-order valence-electron chi connectivity index (χ0n) is 25.7. The van der Waals surface area contributed by atoms with Crippen LogP contribution in [0, 0.1) is 18.3 Å². The lowest BCUT2D eigenvalue weighted by atomic mass is 9.82. The number of nitrogens with zero attached hydrogens (tertiary/aromatic N) is 1. The second-order valence-corrected chi connectivity index (χ2v) is 12.0. The summed E-state index contributed by atoms with van der Waals surface area (Å²) >= 11 is 0. The van der Waals surface area contributed by atoms with E-state index < -0.39 is 17.5 Å². The van der Waals surface area contributed by atoms with Gasteiger partial charge in [0.2, 0.25) is 0 Å². The lowest BCUT2D eigenvalue weighted by Crippen LogP contribution is -2.24. The van der Waals surface area contributed by atoms with Gasteiger partial charge in [0.1, 0.15) is 12.2 Å². The molecule has 0 spiro atoms. The van der Waals surface area contributed by atoms with Gasteiger partial charge in [0.15, 0.2) is 0 Å². The number of ether oxygens (including phenoxy) is 2. The summed E-state index contributed by atoms with van der Waals surface area (Å²) in [5.74, 6) is -0.950. The average Bonchev–Trinajstić information content (AvgIpc) is 3.43. The Kier molecular flexibility index (Phi) is 8.69. The van der Waals surface area contributed by atoms with Crippen molar-refractivity contribution >= 4 is 22.8 Å². The van der Waals surface area contributed by atoms with Gasteiger partial charge in [-0.2, -0.15) is 5.26 Å². The molecule has 222 valence electrons. The van der Waals surface area contributed by atoms with E-state index >= 15 is 0 Å². The molecule has 4 aromatic carbocycles. The Hall–Kier alpha value is -5.15. The van der Waals surface area contributed by atoms with E-state index in [0.717, 1.165) is 45.1 Å². The summed E-state index contributed by atoms with van der Waals surface area (Å²) in [5.41, 5.74) is 6.91.